The number of hydrogen-bond acceptors (Lipinski definition) is 1. The molecular weight excluding hydrogens is 440 g/mol. The summed E-state index contributed by atoms with van der Waals surface area (Å²) in [6, 6.07) is 44.7. The molecule has 35 heavy (non-hydrogen) atoms. The maximum absolute atomic E-state index is 2.40. The molecule has 0 amide bonds. The van der Waals surface area contributed by atoms with Gasteiger partial charge in [-0.3, -0.25) is 0 Å². The number of rotatable bonds is 1. The van der Waals surface area contributed by atoms with Crippen LogP contribution in [0.4, 0.5) is 0 Å². The van der Waals surface area contributed by atoms with E-state index < -0.39 is 0 Å². The Hall–Kier alpha value is -4.20. The molecule has 8 aromatic rings. The zero-order chi connectivity index (χ0) is 22.9. The van der Waals surface area contributed by atoms with E-state index in [1.165, 1.54) is 74.4 Å². The topological polar surface area (TPSA) is 0 Å². The Morgan fingerprint density at radius 2 is 0.914 bits per heavy atom. The molecule has 1 heteroatoms. The third kappa shape index (κ3) is 2.67. The third-order valence-corrected chi connectivity index (χ3v) is 8.63. The second-order valence-corrected chi connectivity index (χ2v) is 10.4. The van der Waals surface area contributed by atoms with Gasteiger partial charge in [-0.1, -0.05) is 103 Å². The smallest absolute Gasteiger partial charge is 0.0440 e. The molecule has 0 aliphatic rings. The van der Waals surface area contributed by atoms with Crippen LogP contribution in [0.3, 0.4) is 0 Å². The zero-order valence-corrected chi connectivity index (χ0v) is 19.8. The fourth-order valence-corrected chi connectivity index (χ4v) is 7.13. The maximum atomic E-state index is 2.40. The second-order valence-electron chi connectivity index (χ2n) is 9.30. The highest BCUT2D eigenvalue weighted by atomic mass is 32.1. The number of benzene rings is 7. The van der Waals surface area contributed by atoms with E-state index in [1.807, 2.05) is 11.3 Å². The van der Waals surface area contributed by atoms with Crippen LogP contribution in [0.15, 0.2) is 121 Å². The van der Waals surface area contributed by atoms with Crippen molar-refractivity contribution >= 4 is 74.6 Å². The van der Waals surface area contributed by atoms with Crippen LogP contribution in [-0.2, 0) is 0 Å². The highest BCUT2D eigenvalue weighted by Crippen LogP contribution is 2.46. The van der Waals surface area contributed by atoms with Crippen molar-refractivity contribution in [3.05, 3.63) is 121 Å². The minimum absolute atomic E-state index is 1.28. The molecule has 0 radical (unpaired) electrons. The minimum atomic E-state index is 1.28. The molecule has 0 saturated carbocycles. The van der Waals surface area contributed by atoms with Crippen LogP contribution in [0.2, 0.25) is 0 Å². The first-order chi connectivity index (χ1) is 17.4. The summed E-state index contributed by atoms with van der Waals surface area (Å²) in [6.07, 6.45) is 0. The van der Waals surface area contributed by atoms with Crippen molar-refractivity contribution in [1.29, 1.82) is 0 Å². The van der Waals surface area contributed by atoms with E-state index in [4.69, 9.17) is 0 Å². The lowest BCUT2D eigenvalue weighted by molar-refractivity contribution is 1.73. The molecule has 7 aromatic carbocycles. The van der Waals surface area contributed by atoms with Gasteiger partial charge in [0.1, 0.15) is 0 Å². The fraction of sp³-hybridized carbons (Fsp3) is 0. The summed E-state index contributed by atoms with van der Waals surface area (Å²) in [4.78, 5) is 0. The monoisotopic (exact) mass is 460 g/mol. The van der Waals surface area contributed by atoms with Crippen molar-refractivity contribution in [2.24, 2.45) is 0 Å². The third-order valence-electron chi connectivity index (χ3n) is 7.43. The van der Waals surface area contributed by atoms with Crippen molar-refractivity contribution in [1.82, 2.24) is 0 Å². The molecule has 0 atom stereocenters. The van der Waals surface area contributed by atoms with Gasteiger partial charge in [-0.15, -0.1) is 11.3 Å². The summed E-state index contributed by atoms with van der Waals surface area (Å²) in [5.74, 6) is 0. The van der Waals surface area contributed by atoms with Crippen LogP contribution in [-0.4, -0.2) is 0 Å². The average molecular weight is 461 g/mol. The largest absolute Gasteiger partial charge is 0.135 e. The molecule has 0 aliphatic heterocycles. The predicted octanol–water partition coefficient (Wildman–Crippen LogP) is 10.3. The normalized spacial score (nSPS) is 12.0. The van der Waals surface area contributed by atoms with Crippen LogP contribution in [0, 0.1) is 0 Å². The predicted molar refractivity (Wildman–Crippen MR) is 155 cm³/mol. The Labute approximate surface area is 206 Å². The first kappa shape index (κ1) is 19.1. The van der Waals surface area contributed by atoms with E-state index in [-0.39, 0.29) is 0 Å². The van der Waals surface area contributed by atoms with E-state index >= 15 is 0 Å². The second kappa shape index (κ2) is 7.15. The lowest BCUT2D eigenvalue weighted by Gasteiger charge is -2.15. The molecule has 0 aliphatic carbocycles. The Bertz CT molecular complexity index is 2110. The molecule has 1 heterocycles. The molecular formula is C34H20S. The lowest BCUT2D eigenvalue weighted by atomic mass is 9.88. The summed E-state index contributed by atoms with van der Waals surface area (Å²) in [5.41, 5.74) is 2.61. The molecule has 0 N–H and O–H groups in total. The van der Waals surface area contributed by atoms with Crippen LogP contribution in [0.25, 0.3) is 74.4 Å². The molecule has 1 aromatic heterocycles. The van der Waals surface area contributed by atoms with Gasteiger partial charge in [0, 0.05) is 25.6 Å². The number of hydrogen-bond donors (Lipinski definition) is 0. The van der Waals surface area contributed by atoms with Gasteiger partial charge in [-0.25, -0.2) is 0 Å². The Morgan fingerprint density at radius 3 is 1.71 bits per heavy atom. The van der Waals surface area contributed by atoms with Crippen molar-refractivity contribution in [3.63, 3.8) is 0 Å². The van der Waals surface area contributed by atoms with Crippen LogP contribution < -0.4 is 0 Å². The van der Waals surface area contributed by atoms with E-state index in [2.05, 4.69) is 121 Å². The maximum Gasteiger partial charge on any atom is 0.0440 e. The van der Waals surface area contributed by atoms with Crippen molar-refractivity contribution in [2.75, 3.05) is 0 Å². The van der Waals surface area contributed by atoms with Gasteiger partial charge >= 0.3 is 0 Å². The quantitative estimate of drug-likeness (QED) is 0.214. The van der Waals surface area contributed by atoms with E-state index in [1.54, 1.807) is 0 Å². The SMILES string of the molecule is c1ccc2c(c1)cc(-c1cc3ccccc3c3c1ccc1c4ccccc4sc13)c1ccccc12. The van der Waals surface area contributed by atoms with Crippen LogP contribution in [0.1, 0.15) is 0 Å². The van der Waals surface area contributed by atoms with Gasteiger partial charge in [-0.05, 0) is 67.0 Å². The molecule has 8 rings (SSSR count). The van der Waals surface area contributed by atoms with Crippen LogP contribution >= 0.6 is 11.3 Å². The standard InChI is InChI=1S/C34H20S/c1-3-11-23-21(9-1)19-30(26-14-6-5-13-25(23)26)31-20-22-10-2-4-12-24(22)33-28(31)17-18-29-27-15-7-8-16-32(27)35-34(29)33/h1-20H. The molecule has 0 unspecified atom stereocenters. The summed E-state index contributed by atoms with van der Waals surface area (Å²) in [6.45, 7) is 0. The Morgan fingerprint density at radius 1 is 0.371 bits per heavy atom. The van der Waals surface area contributed by atoms with E-state index in [9.17, 15) is 0 Å². The van der Waals surface area contributed by atoms with Crippen LogP contribution in [0.5, 0.6) is 0 Å². The first-order valence-corrected chi connectivity index (χ1v) is 12.8. The summed E-state index contributed by atoms with van der Waals surface area (Å²) in [7, 11) is 0. The first-order valence-electron chi connectivity index (χ1n) is 12.0. The highest BCUT2D eigenvalue weighted by molar-refractivity contribution is 7.26. The highest BCUT2D eigenvalue weighted by Gasteiger charge is 2.16. The summed E-state index contributed by atoms with van der Waals surface area (Å²) in [5, 5.41) is 13.2. The summed E-state index contributed by atoms with van der Waals surface area (Å²) >= 11 is 1.92. The zero-order valence-electron chi connectivity index (χ0n) is 19.0. The fourth-order valence-electron chi connectivity index (χ4n) is 5.86. The molecule has 0 fully saturated rings. The Balaban J connectivity index is 1.61. The number of fused-ring (bicyclic) bond motifs is 10. The van der Waals surface area contributed by atoms with Crippen molar-refractivity contribution < 1.29 is 0 Å². The summed E-state index contributed by atoms with van der Waals surface area (Å²) < 4.78 is 2.73. The lowest BCUT2D eigenvalue weighted by Crippen LogP contribution is -1.88. The van der Waals surface area contributed by atoms with E-state index in [0.717, 1.165) is 0 Å². The molecule has 162 valence electrons. The molecule has 0 nitrogen and oxygen atoms in total. The van der Waals surface area contributed by atoms with Gasteiger partial charge in [-0.2, -0.15) is 0 Å². The molecule has 0 saturated heterocycles. The van der Waals surface area contributed by atoms with Crippen molar-refractivity contribution in [3.8, 4) is 11.1 Å². The average Bonchev–Trinajstić information content (AvgIpc) is 3.31. The van der Waals surface area contributed by atoms with E-state index in [0.29, 0.717) is 0 Å². The van der Waals surface area contributed by atoms with Gasteiger partial charge in [0.25, 0.3) is 0 Å². The molecule has 0 spiro atoms. The Kier molecular flexibility index (Phi) is 3.91. The van der Waals surface area contributed by atoms with Crippen molar-refractivity contribution in [2.45, 2.75) is 0 Å². The number of thiophene rings is 1. The van der Waals surface area contributed by atoms with Gasteiger partial charge in [0.2, 0.25) is 0 Å². The van der Waals surface area contributed by atoms with Gasteiger partial charge in [0.15, 0.2) is 0 Å². The molecule has 0 bridgehead atoms. The van der Waals surface area contributed by atoms with Gasteiger partial charge in [0.05, 0.1) is 0 Å². The van der Waals surface area contributed by atoms with Gasteiger partial charge < -0.3 is 0 Å². The minimum Gasteiger partial charge on any atom is -0.135 e.